The van der Waals surface area contributed by atoms with Gasteiger partial charge in [0, 0.05) is 66.6 Å². The second-order valence-corrected chi connectivity index (χ2v) is 12.1. The van der Waals surface area contributed by atoms with Gasteiger partial charge < -0.3 is 25.5 Å². The highest BCUT2D eigenvalue weighted by Gasteiger charge is 2.34. The van der Waals surface area contributed by atoms with Crippen molar-refractivity contribution in [2.75, 3.05) is 11.4 Å². The number of carbonyl (C=O) groups excluding carboxylic acids is 1. The highest BCUT2D eigenvalue weighted by Crippen LogP contribution is 2.41. The number of nitrogens with one attached hydrogen (secondary N) is 1. The molecule has 1 unspecified atom stereocenters. The number of H-pyrrole nitrogens is 1. The molecule has 1 aliphatic rings. The first-order chi connectivity index (χ1) is 23.9. The highest BCUT2D eigenvalue weighted by molar-refractivity contribution is 5.98. The van der Waals surface area contributed by atoms with E-state index in [-0.39, 0.29) is 37.5 Å². The van der Waals surface area contributed by atoms with Crippen molar-refractivity contribution in [2.45, 2.75) is 71.3 Å². The van der Waals surface area contributed by atoms with Crippen LogP contribution in [-0.4, -0.2) is 54.4 Å². The van der Waals surface area contributed by atoms with Gasteiger partial charge in [-0.15, -0.1) is 0 Å². The fraction of sp³-hybridized carbons (Fsp3) is 0.343. The third-order valence-electron chi connectivity index (χ3n) is 8.94. The number of alkyl halides is 3. The Bertz CT molecular complexity index is 2030. The maximum atomic E-state index is 16.7. The van der Waals surface area contributed by atoms with Crippen LogP contribution in [0.2, 0.25) is 0 Å². The van der Waals surface area contributed by atoms with Gasteiger partial charge in [-0.25, -0.2) is 19.0 Å². The van der Waals surface area contributed by atoms with E-state index >= 15 is 4.39 Å². The van der Waals surface area contributed by atoms with E-state index in [4.69, 9.17) is 20.7 Å². The Labute approximate surface area is 284 Å². The van der Waals surface area contributed by atoms with Crippen LogP contribution in [0.1, 0.15) is 60.2 Å². The molecule has 0 saturated carbocycles. The Hall–Kier alpha value is -5.31. The topological polar surface area (TPSA) is 152 Å². The number of rotatable bonds is 11. The summed E-state index contributed by atoms with van der Waals surface area (Å²) in [5, 5.41) is 14.5. The average Bonchev–Trinajstić information content (AvgIpc) is 3.74. The number of halogens is 4. The molecule has 1 aliphatic heterocycles. The number of para-hydroxylation sites is 1. The number of fused-ring (bicyclic) bond motifs is 2. The smallest absolute Gasteiger partial charge is 0.419 e. The second kappa shape index (κ2) is 13.9. The summed E-state index contributed by atoms with van der Waals surface area (Å²) in [7, 11) is 0. The van der Waals surface area contributed by atoms with E-state index in [1.54, 1.807) is 21.8 Å². The zero-order chi connectivity index (χ0) is 35.7. The van der Waals surface area contributed by atoms with Gasteiger partial charge in [0.2, 0.25) is 5.95 Å². The van der Waals surface area contributed by atoms with E-state index in [0.29, 0.717) is 53.5 Å². The lowest BCUT2D eigenvalue weighted by Crippen LogP contribution is -2.31. The summed E-state index contributed by atoms with van der Waals surface area (Å²) in [5.41, 5.74) is 10.4. The maximum absolute atomic E-state index is 16.7. The summed E-state index contributed by atoms with van der Waals surface area (Å²) in [5.74, 6) is -2.39. The van der Waals surface area contributed by atoms with Crippen LogP contribution in [0.3, 0.4) is 0 Å². The number of hydrogen-bond acceptors (Lipinski definition) is 8. The Kier molecular flexibility index (Phi) is 9.60. The Balaban J connectivity index is 1.45. The molecule has 4 N–H and O–H groups in total. The molecule has 1 atom stereocenters. The molecule has 50 heavy (non-hydrogen) atoms. The first kappa shape index (κ1) is 34.5. The fourth-order valence-electron chi connectivity index (χ4n) is 6.33. The molecule has 0 radical (unpaired) electrons. The summed E-state index contributed by atoms with van der Waals surface area (Å²) in [4.78, 5) is 36.3. The van der Waals surface area contributed by atoms with Crippen molar-refractivity contribution in [1.82, 2.24) is 24.7 Å². The zero-order valence-corrected chi connectivity index (χ0v) is 27.4. The number of ether oxygens (including phenoxy) is 1. The van der Waals surface area contributed by atoms with Gasteiger partial charge in [0.25, 0.3) is 0 Å². The number of hydrogen-bond donors (Lipinski definition) is 3. The van der Waals surface area contributed by atoms with E-state index < -0.39 is 35.5 Å². The van der Waals surface area contributed by atoms with Crippen LogP contribution >= 0.6 is 0 Å². The number of anilines is 1. The number of benzene rings is 2. The van der Waals surface area contributed by atoms with E-state index in [2.05, 4.69) is 15.0 Å². The fourth-order valence-corrected chi connectivity index (χ4v) is 6.33. The minimum Gasteiger partial charge on any atom is -0.480 e. The Morgan fingerprint density at radius 2 is 1.80 bits per heavy atom. The first-order valence-electron chi connectivity index (χ1n) is 16.2. The monoisotopic (exact) mass is 693 g/mol. The molecule has 3 aromatic heterocycles. The van der Waals surface area contributed by atoms with E-state index in [1.165, 1.54) is 6.07 Å². The van der Waals surface area contributed by atoms with Crippen molar-refractivity contribution in [1.29, 1.82) is 0 Å². The first-order valence-corrected chi connectivity index (χ1v) is 16.2. The molecule has 0 amide bonds. The van der Waals surface area contributed by atoms with E-state index in [1.807, 2.05) is 32.0 Å². The Morgan fingerprint density at radius 1 is 1.10 bits per heavy atom. The molecule has 11 nitrogen and oxygen atoms in total. The van der Waals surface area contributed by atoms with E-state index in [9.17, 15) is 22.8 Å². The van der Waals surface area contributed by atoms with Crippen molar-refractivity contribution in [3.05, 3.63) is 88.3 Å². The number of carboxylic acids is 1. The van der Waals surface area contributed by atoms with Crippen molar-refractivity contribution >= 4 is 28.8 Å². The van der Waals surface area contributed by atoms with Crippen LogP contribution in [0.5, 0.6) is 0 Å². The number of nitrogens with two attached hydrogens (primary N) is 1. The van der Waals surface area contributed by atoms with Gasteiger partial charge in [0.15, 0.2) is 0 Å². The predicted molar refractivity (Wildman–Crippen MR) is 176 cm³/mol. The molecule has 4 heterocycles. The number of aromatic amines is 1. The van der Waals surface area contributed by atoms with Crippen molar-refractivity contribution in [3.8, 4) is 16.9 Å². The van der Waals surface area contributed by atoms with Crippen molar-refractivity contribution in [3.63, 3.8) is 0 Å². The minimum atomic E-state index is -4.58. The SMILES string of the molecule is CCc1cccc(CC)c1-n1nc2c(c1-c1c(F)cc(COC(=O)CCC(N)C(=O)O)c3[nH]ccc13)CN(c1ncc(C(F)(F)F)cn1)CC2. The molecule has 0 saturated heterocycles. The summed E-state index contributed by atoms with van der Waals surface area (Å²) in [6, 6.07) is 7.79. The van der Waals surface area contributed by atoms with Gasteiger partial charge in [0.05, 0.1) is 28.2 Å². The lowest BCUT2D eigenvalue weighted by molar-refractivity contribution is -0.145. The van der Waals surface area contributed by atoms with Gasteiger partial charge in [0.1, 0.15) is 18.5 Å². The minimum absolute atomic E-state index is 0.109. The van der Waals surface area contributed by atoms with Crippen LogP contribution in [0, 0.1) is 5.82 Å². The molecule has 5 aromatic rings. The Morgan fingerprint density at radius 3 is 2.44 bits per heavy atom. The molecule has 2 aromatic carbocycles. The number of aryl methyl sites for hydroxylation is 2. The molecule has 262 valence electrons. The third-order valence-corrected chi connectivity index (χ3v) is 8.94. The molecule has 0 spiro atoms. The summed E-state index contributed by atoms with van der Waals surface area (Å²) < 4.78 is 63.6. The molecule has 0 aliphatic carbocycles. The van der Waals surface area contributed by atoms with Gasteiger partial charge >= 0.3 is 18.1 Å². The quantitative estimate of drug-likeness (QED) is 0.114. The van der Waals surface area contributed by atoms with Crippen LogP contribution in [0.4, 0.5) is 23.5 Å². The molecule has 15 heteroatoms. The number of nitrogens with zero attached hydrogens (tertiary/aromatic N) is 5. The molecule has 0 bridgehead atoms. The lowest BCUT2D eigenvalue weighted by Gasteiger charge is -2.27. The van der Waals surface area contributed by atoms with Gasteiger partial charge in [-0.05, 0) is 42.5 Å². The second-order valence-electron chi connectivity index (χ2n) is 12.1. The zero-order valence-electron chi connectivity index (χ0n) is 27.4. The summed E-state index contributed by atoms with van der Waals surface area (Å²) in [6.45, 7) is 4.33. The highest BCUT2D eigenvalue weighted by atomic mass is 19.4. The van der Waals surface area contributed by atoms with E-state index in [0.717, 1.165) is 34.9 Å². The van der Waals surface area contributed by atoms with Crippen molar-refractivity contribution < 1.29 is 37.0 Å². The number of aliphatic carboxylic acids is 1. The van der Waals surface area contributed by atoms with Gasteiger partial charge in [-0.2, -0.15) is 18.3 Å². The standard InChI is InChI=1S/C35H35F4N7O4/c1-3-19-6-5-7-20(4-2)31(19)46-32(24-17-45(13-11-27(24)44-46)34-42-15-22(16-43-34)35(37,38)39)29-23-10-12-41-30(23)21(14-25(29)36)18-50-28(47)9-8-26(40)33(48)49/h5-7,10,12,14-16,26,41H,3-4,8-9,11,13,17-18,40H2,1-2H3,(H,48,49). The normalized spacial score (nSPS) is 13.8. The number of esters is 1. The number of carboxylic acid groups (broad SMARTS) is 1. The lowest BCUT2D eigenvalue weighted by atomic mass is 9.95. The van der Waals surface area contributed by atoms with Crippen molar-refractivity contribution in [2.24, 2.45) is 5.73 Å². The number of carbonyl (C=O) groups is 2. The maximum Gasteiger partial charge on any atom is 0.419 e. The van der Waals surface area contributed by atoms with Crippen LogP contribution < -0.4 is 10.6 Å². The summed E-state index contributed by atoms with van der Waals surface area (Å²) in [6.07, 6.45) is 0.0222. The third kappa shape index (κ3) is 6.64. The molecule has 6 rings (SSSR count). The average molecular weight is 694 g/mol. The molecular formula is C35H35F4N7O4. The van der Waals surface area contributed by atoms with Gasteiger partial charge in [-0.1, -0.05) is 32.0 Å². The van der Waals surface area contributed by atoms with Crippen LogP contribution in [-0.2, 0) is 52.9 Å². The van der Waals surface area contributed by atoms with Crippen LogP contribution in [0.15, 0.2) is 48.9 Å². The largest absolute Gasteiger partial charge is 0.480 e. The molecule has 0 fully saturated rings. The predicted octanol–water partition coefficient (Wildman–Crippen LogP) is 5.89. The van der Waals surface area contributed by atoms with Crippen LogP contribution in [0.25, 0.3) is 27.8 Å². The molecular weight excluding hydrogens is 658 g/mol. The number of aromatic nitrogens is 5. The van der Waals surface area contributed by atoms with Gasteiger partial charge in [-0.3, -0.25) is 9.59 Å². The summed E-state index contributed by atoms with van der Waals surface area (Å²) >= 11 is 0.